The standard InChI is InChI=1S/C9H11F3O4/c1-4(2)6(9(10,11)12)3-5(7(13)14)8(15)16/h3-5H,1-2H3,(H,13,14)(H,15,16). The van der Waals surface area contributed by atoms with E-state index in [2.05, 4.69) is 0 Å². The highest BCUT2D eigenvalue weighted by Gasteiger charge is 2.38. The molecule has 2 N–H and O–H groups in total. The van der Waals surface area contributed by atoms with E-state index in [1.165, 1.54) is 13.8 Å². The van der Waals surface area contributed by atoms with E-state index < -0.39 is 35.5 Å². The lowest BCUT2D eigenvalue weighted by Crippen LogP contribution is -2.25. The Morgan fingerprint density at radius 2 is 1.50 bits per heavy atom. The zero-order valence-corrected chi connectivity index (χ0v) is 8.58. The molecule has 0 aromatic rings. The van der Waals surface area contributed by atoms with Crippen molar-refractivity contribution in [3.63, 3.8) is 0 Å². The van der Waals surface area contributed by atoms with Crippen LogP contribution in [-0.4, -0.2) is 28.3 Å². The SMILES string of the molecule is CC(C)C(=CC(C(=O)O)C(=O)O)C(F)(F)F. The highest BCUT2D eigenvalue weighted by Crippen LogP contribution is 2.32. The summed E-state index contributed by atoms with van der Waals surface area (Å²) < 4.78 is 37.2. The number of carboxylic acid groups (broad SMARTS) is 2. The Morgan fingerprint density at radius 3 is 1.69 bits per heavy atom. The molecular weight excluding hydrogens is 229 g/mol. The number of alkyl halides is 3. The van der Waals surface area contributed by atoms with E-state index in [0.29, 0.717) is 0 Å². The minimum Gasteiger partial charge on any atom is -0.480 e. The molecule has 0 saturated heterocycles. The number of halogens is 3. The molecule has 0 atom stereocenters. The lowest BCUT2D eigenvalue weighted by molar-refractivity contribution is -0.152. The first-order valence-corrected chi connectivity index (χ1v) is 4.32. The second-order valence-corrected chi connectivity index (χ2v) is 3.43. The first kappa shape index (κ1) is 14.5. The van der Waals surface area contributed by atoms with Crippen molar-refractivity contribution in [1.29, 1.82) is 0 Å². The van der Waals surface area contributed by atoms with E-state index in [1.54, 1.807) is 0 Å². The lowest BCUT2D eigenvalue weighted by Gasteiger charge is -2.16. The second kappa shape index (κ2) is 5.00. The predicted molar refractivity (Wildman–Crippen MR) is 47.7 cm³/mol. The molecule has 0 aliphatic heterocycles. The molecule has 7 heteroatoms. The molecule has 0 fully saturated rings. The quantitative estimate of drug-likeness (QED) is 0.581. The third-order valence-electron chi connectivity index (χ3n) is 1.83. The van der Waals surface area contributed by atoms with Gasteiger partial charge < -0.3 is 10.2 Å². The maximum Gasteiger partial charge on any atom is 0.412 e. The second-order valence-electron chi connectivity index (χ2n) is 3.43. The van der Waals surface area contributed by atoms with Crippen molar-refractivity contribution in [3.8, 4) is 0 Å². The maximum atomic E-state index is 12.4. The monoisotopic (exact) mass is 240 g/mol. The van der Waals surface area contributed by atoms with Gasteiger partial charge in [-0.2, -0.15) is 13.2 Å². The molecule has 0 aromatic carbocycles. The van der Waals surface area contributed by atoms with Crippen LogP contribution in [0.1, 0.15) is 13.8 Å². The van der Waals surface area contributed by atoms with Gasteiger partial charge in [-0.3, -0.25) is 9.59 Å². The van der Waals surface area contributed by atoms with Crippen molar-refractivity contribution in [3.05, 3.63) is 11.6 Å². The van der Waals surface area contributed by atoms with Crippen molar-refractivity contribution in [2.45, 2.75) is 20.0 Å². The fourth-order valence-corrected chi connectivity index (χ4v) is 1.04. The van der Waals surface area contributed by atoms with Gasteiger partial charge in [0.15, 0.2) is 5.92 Å². The number of hydrogen-bond donors (Lipinski definition) is 2. The Morgan fingerprint density at radius 1 is 1.12 bits per heavy atom. The van der Waals surface area contributed by atoms with E-state index >= 15 is 0 Å². The molecule has 92 valence electrons. The highest BCUT2D eigenvalue weighted by molar-refractivity contribution is 5.95. The van der Waals surface area contributed by atoms with Gasteiger partial charge in [0.05, 0.1) is 0 Å². The Labute approximate surface area is 89.4 Å². The van der Waals surface area contributed by atoms with Gasteiger partial charge in [0.25, 0.3) is 0 Å². The maximum absolute atomic E-state index is 12.4. The minimum absolute atomic E-state index is 0.231. The van der Waals surface area contributed by atoms with Crippen LogP contribution in [0.3, 0.4) is 0 Å². The van der Waals surface area contributed by atoms with E-state index in [-0.39, 0.29) is 6.08 Å². The van der Waals surface area contributed by atoms with Crippen molar-refractivity contribution < 1.29 is 33.0 Å². The number of aliphatic carboxylic acids is 2. The molecule has 0 aliphatic carbocycles. The van der Waals surface area contributed by atoms with Crippen LogP contribution >= 0.6 is 0 Å². The molecule has 0 aliphatic rings. The van der Waals surface area contributed by atoms with Crippen LogP contribution in [0, 0.1) is 11.8 Å². The molecule has 0 radical (unpaired) electrons. The first-order chi connectivity index (χ1) is 7.07. The highest BCUT2D eigenvalue weighted by atomic mass is 19.4. The van der Waals surface area contributed by atoms with Gasteiger partial charge in [0.1, 0.15) is 0 Å². The van der Waals surface area contributed by atoms with Crippen LogP contribution in [0.15, 0.2) is 11.6 Å². The number of carbonyl (C=O) groups is 2. The molecule has 4 nitrogen and oxygen atoms in total. The van der Waals surface area contributed by atoms with Crippen molar-refractivity contribution in [2.75, 3.05) is 0 Å². The minimum atomic E-state index is -4.72. The van der Waals surface area contributed by atoms with E-state index in [9.17, 15) is 22.8 Å². The van der Waals surface area contributed by atoms with Crippen molar-refractivity contribution in [2.24, 2.45) is 11.8 Å². The zero-order chi connectivity index (χ0) is 13.1. The molecule has 0 unspecified atom stereocenters. The summed E-state index contributed by atoms with van der Waals surface area (Å²) in [7, 11) is 0. The molecular formula is C9H11F3O4. The summed E-state index contributed by atoms with van der Waals surface area (Å²) in [5.41, 5.74) is -1.15. The van der Waals surface area contributed by atoms with Crippen LogP contribution in [0.4, 0.5) is 13.2 Å². The number of allylic oxidation sites excluding steroid dienone is 1. The van der Waals surface area contributed by atoms with Crippen LogP contribution in [0.2, 0.25) is 0 Å². The zero-order valence-electron chi connectivity index (χ0n) is 8.58. The molecule has 0 bridgehead atoms. The van der Waals surface area contributed by atoms with Gasteiger partial charge in [-0.15, -0.1) is 0 Å². The number of carboxylic acids is 2. The van der Waals surface area contributed by atoms with Gasteiger partial charge >= 0.3 is 18.1 Å². The predicted octanol–water partition coefficient (Wildman–Crippen LogP) is 1.92. The first-order valence-electron chi connectivity index (χ1n) is 4.32. The van der Waals surface area contributed by atoms with E-state index in [0.717, 1.165) is 0 Å². The summed E-state index contributed by atoms with van der Waals surface area (Å²) >= 11 is 0. The Bertz CT molecular complexity index is 303. The molecule has 0 saturated carbocycles. The summed E-state index contributed by atoms with van der Waals surface area (Å²) in [4.78, 5) is 20.9. The van der Waals surface area contributed by atoms with Gasteiger partial charge in [-0.05, 0) is 5.92 Å². The van der Waals surface area contributed by atoms with Gasteiger partial charge in [-0.1, -0.05) is 19.9 Å². The third-order valence-corrected chi connectivity index (χ3v) is 1.83. The average Bonchev–Trinajstić information content (AvgIpc) is 1.99. The van der Waals surface area contributed by atoms with Crippen molar-refractivity contribution >= 4 is 11.9 Å². The molecule has 0 amide bonds. The fraction of sp³-hybridized carbons (Fsp3) is 0.556. The molecule has 0 rings (SSSR count). The smallest absolute Gasteiger partial charge is 0.412 e. The van der Waals surface area contributed by atoms with Crippen LogP contribution in [-0.2, 0) is 9.59 Å². The number of hydrogen-bond acceptors (Lipinski definition) is 2. The normalized spacial score (nSPS) is 13.3. The summed E-state index contributed by atoms with van der Waals surface area (Å²) in [5.74, 6) is -6.83. The Balaban J connectivity index is 5.34. The Kier molecular flexibility index (Phi) is 4.52. The summed E-state index contributed by atoms with van der Waals surface area (Å²) in [6, 6.07) is 0. The van der Waals surface area contributed by atoms with Gasteiger partial charge in [-0.25, -0.2) is 0 Å². The molecule has 0 heterocycles. The summed E-state index contributed by atoms with van der Waals surface area (Å²) in [5, 5.41) is 16.9. The fourth-order valence-electron chi connectivity index (χ4n) is 1.04. The molecule has 0 spiro atoms. The van der Waals surface area contributed by atoms with E-state index in [4.69, 9.17) is 10.2 Å². The third kappa shape index (κ3) is 3.92. The lowest BCUT2D eigenvalue weighted by atomic mass is 9.97. The van der Waals surface area contributed by atoms with E-state index in [1.807, 2.05) is 0 Å². The Hall–Kier alpha value is -1.53. The average molecular weight is 240 g/mol. The van der Waals surface area contributed by atoms with Crippen LogP contribution < -0.4 is 0 Å². The topological polar surface area (TPSA) is 74.6 Å². The summed E-state index contributed by atoms with van der Waals surface area (Å²) in [6.45, 7) is 2.42. The summed E-state index contributed by atoms with van der Waals surface area (Å²) in [6.07, 6.45) is -4.49. The number of rotatable bonds is 4. The van der Waals surface area contributed by atoms with Crippen molar-refractivity contribution in [1.82, 2.24) is 0 Å². The largest absolute Gasteiger partial charge is 0.480 e. The molecule has 16 heavy (non-hydrogen) atoms. The van der Waals surface area contributed by atoms with Crippen LogP contribution in [0.25, 0.3) is 0 Å². The van der Waals surface area contributed by atoms with Gasteiger partial charge in [0.2, 0.25) is 0 Å². The van der Waals surface area contributed by atoms with Gasteiger partial charge in [0, 0.05) is 5.57 Å². The van der Waals surface area contributed by atoms with Crippen LogP contribution in [0.5, 0.6) is 0 Å². The molecule has 0 aromatic heterocycles.